The SMILES string of the molecule is COc1ccc2cc(-c3[nH]ncc3CN[C@H](C)c3cccs3)ccc2c1. The molecule has 0 spiro atoms. The van der Waals surface area contributed by atoms with Gasteiger partial charge in [0.25, 0.3) is 0 Å². The minimum absolute atomic E-state index is 0.321. The second kappa shape index (κ2) is 7.32. The Kier molecular flexibility index (Phi) is 4.73. The fourth-order valence-corrected chi connectivity index (χ4v) is 3.86. The van der Waals surface area contributed by atoms with E-state index in [9.17, 15) is 0 Å². The first-order valence-corrected chi connectivity index (χ1v) is 9.50. The Morgan fingerprint density at radius 2 is 2.00 bits per heavy atom. The molecule has 5 heteroatoms. The van der Waals surface area contributed by atoms with E-state index in [1.807, 2.05) is 12.3 Å². The average Bonchev–Trinajstić information content (AvgIpc) is 3.37. The van der Waals surface area contributed by atoms with Gasteiger partial charge in [-0.3, -0.25) is 5.10 Å². The summed E-state index contributed by atoms with van der Waals surface area (Å²) in [5.74, 6) is 0.874. The predicted molar refractivity (Wildman–Crippen MR) is 108 cm³/mol. The van der Waals surface area contributed by atoms with Gasteiger partial charge in [0.1, 0.15) is 5.75 Å². The van der Waals surface area contributed by atoms with Gasteiger partial charge in [-0.05, 0) is 47.3 Å². The van der Waals surface area contributed by atoms with Crippen LogP contribution in [-0.2, 0) is 6.54 Å². The quantitative estimate of drug-likeness (QED) is 0.498. The Morgan fingerprint density at radius 3 is 2.81 bits per heavy atom. The molecule has 26 heavy (non-hydrogen) atoms. The van der Waals surface area contributed by atoms with Crippen molar-refractivity contribution in [3.8, 4) is 17.0 Å². The van der Waals surface area contributed by atoms with Gasteiger partial charge < -0.3 is 10.1 Å². The zero-order chi connectivity index (χ0) is 17.9. The molecule has 0 unspecified atom stereocenters. The molecule has 2 N–H and O–H groups in total. The Bertz CT molecular complexity index is 1010. The van der Waals surface area contributed by atoms with E-state index in [0.29, 0.717) is 6.04 Å². The zero-order valence-corrected chi connectivity index (χ0v) is 15.6. The van der Waals surface area contributed by atoms with Gasteiger partial charge in [-0.1, -0.05) is 24.3 Å². The van der Waals surface area contributed by atoms with Crippen LogP contribution < -0.4 is 10.1 Å². The Labute approximate surface area is 156 Å². The van der Waals surface area contributed by atoms with Crippen molar-refractivity contribution in [2.45, 2.75) is 19.5 Å². The van der Waals surface area contributed by atoms with Crippen LogP contribution in [-0.4, -0.2) is 17.3 Å². The lowest BCUT2D eigenvalue weighted by Gasteiger charge is -2.12. The smallest absolute Gasteiger partial charge is 0.119 e. The van der Waals surface area contributed by atoms with Gasteiger partial charge in [0.2, 0.25) is 0 Å². The highest BCUT2D eigenvalue weighted by atomic mass is 32.1. The van der Waals surface area contributed by atoms with Crippen LogP contribution in [0, 0.1) is 0 Å². The molecule has 2 aromatic carbocycles. The monoisotopic (exact) mass is 363 g/mol. The van der Waals surface area contributed by atoms with Crippen molar-refractivity contribution in [1.82, 2.24) is 15.5 Å². The lowest BCUT2D eigenvalue weighted by Crippen LogP contribution is -2.17. The highest BCUT2D eigenvalue weighted by Gasteiger charge is 2.11. The molecule has 0 fully saturated rings. The van der Waals surface area contributed by atoms with Crippen LogP contribution in [0.25, 0.3) is 22.0 Å². The number of methoxy groups -OCH3 is 1. The molecule has 0 radical (unpaired) electrons. The number of nitrogens with one attached hydrogen (secondary N) is 2. The summed E-state index contributed by atoms with van der Waals surface area (Å²) in [6.45, 7) is 2.96. The van der Waals surface area contributed by atoms with Crippen LogP contribution in [0.3, 0.4) is 0 Å². The molecule has 0 saturated carbocycles. The highest BCUT2D eigenvalue weighted by molar-refractivity contribution is 7.10. The van der Waals surface area contributed by atoms with Gasteiger partial charge in [-0.15, -0.1) is 11.3 Å². The number of hydrogen-bond donors (Lipinski definition) is 2. The number of H-pyrrole nitrogens is 1. The van der Waals surface area contributed by atoms with Crippen LogP contribution in [0.1, 0.15) is 23.4 Å². The normalized spacial score (nSPS) is 12.4. The molecule has 0 aliphatic rings. The van der Waals surface area contributed by atoms with E-state index in [-0.39, 0.29) is 0 Å². The van der Waals surface area contributed by atoms with Gasteiger partial charge in [0, 0.05) is 28.6 Å². The fraction of sp³-hybridized carbons (Fsp3) is 0.190. The van der Waals surface area contributed by atoms with Crippen molar-refractivity contribution in [1.29, 1.82) is 0 Å². The summed E-state index contributed by atoms with van der Waals surface area (Å²) in [7, 11) is 1.69. The lowest BCUT2D eigenvalue weighted by molar-refractivity contribution is 0.415. The summed E-state index contributed by atoms with van der Waals surface area (Å²) in [6, 6.07) is 17.1. The molecule has 132 valence electrons. The molecule has 2 heterocycles. The lowest BCUT2D eigenvalue weighted by atomic mass is 10.0. The van der Waals surface area contributed by atoms with Crippen molar-refractivity contribution in [3.05, 3.63) is 70.5 Å². The Hall–Kier alpha value is -2.63. The number of thiophene rings is 1. The van der Waals surface area contributed by atoms with E-state index in [4.69, 9.17) is 4.74 Å². The van der Waals surface area contributed by atoms with E-state index in [2.05, 4.69) is 70.3 Å². The summed E-state index contributed by atoms with van der Waals surface area (Å²) >= 11 is 1.78. The van der Waals surface area contributed by atoms with Crippen molar-refractivity contribution in [2.75, 3.05) is 7.11 Å². The van der Waals surface area contributed by atoms with E-state index < -0.39 is 0 Å². The molecule has 0 saturated heterocycles. The number of aromatic amines is 1. The van der Waals surface area contributed by atoms with Crippen molar-refractivity contribution in [2.24, 2.45) is 0 Å². The minimum Gasteiger partial charge on any atom is -0.497 e. The zero-order valence-electron chi connectivity index (χ0n) is 14.8. The van der Waals surface area contributed by atoms with Crippen molar-refractivity contribution < 1.29 is 4.74 Å². The average molecular weight is 363 g/mol. The highest BCUT2D eigenvalue weighted by Crippen LogP contribution is 2.28. The second-order valence-corrected chi connectivity index (χ2v) is 7.30. The van der Waals surface area contributed by atoms with Crippen LogP contribution in [0.5, 0.6) is 5.75 Å². The van der Waals surface area contributed by atoms with E-state index in [0.717, 1.165) is 23.6 Å². The number of nitrogens with zero attached hydrogens (tertiary/aromatic N) is 1. The van der Waals surface area contributed by atoms with Gasteiger partial charge >= 0.3 is 0 Å². The van der Waals surface area contributed by atoms with Crippen molar-refractivity contribution in [3.63, 3.8) is 0 Å². The molecule has 0 bridgehead atoms. The third kappa shape index (κ3) is 3.36. The Balaban J connectivity index is 1.57. The molecule has 4 nitrogen and oxygen atoms in total. The van der Waals surface area contributed by atoms with Gasteiger partial charge in [-0.25, -0.2) is 0 Å². The summed E-state index contributed by atoms with van der Waals surface area (Å²) in [5, 5.41) is 15.5. The Morgan fingerprint density at radius 1 is 1.15 bits per heavy atom. The van der Waals surface area contributed by atoms with Crippen molar-refractivity contribution >= 4 is 22.1 Å². The molecule has 0 aliphatic heterocycles. The van der Waals surface area contributed by atoms with Gasteiger partial charge in [0.05, 0.1) is 19.0 Å². The third-order valence-corrected chi connectivity index (χ3v) is 5.68. The van der Waals surface area contributed by atoms with Crippen LogP contribution in [0.15, 0.2) is 60.1 Å². The summed E-state index contributed by atoms with van der Waals surface area (Å²) < 4.78 is 5.31. The molecule has 4 aromatic rings. The number of benzene rings is 2. The molecule has 4 rings (SSSR count). The van der Waals surface area contributed by atoms with E-state index >= 15 is 0 Å². The standard InChI is InChI=1S/C21H21N3OS/c1-14(20-4-3-9-26-20)22-12-18-13-23-24-21(18)17-6-5-16-11-19(25-2)8-7-15(16)10-17/h3-11,13-14,22H,12H2,1-2H3,(H,23,24)/t14-/m1/s1. The van der Waals surface area contributed by atoms with Gasteiger partial charge in [-0.2, -0.15) is 5.10 Å². The second-order valence-electron chi connectivity index (χ2n) is 6.32. The topological polar surface area (TPSA) is 49.9 Å². The number of fused-ring (bicyclic) bond motifs is 1. The molecular weight excluding hydrogens is 342 g/mol. The molecule has 2 aromatic heterocycles. The van der Waals surface area contributed by atoms with Crippen LogP contribution in [0.2, 0.25) is 0 Å². The number of hydrogen-bond acceptors (Lipinski definition) is 4. The molecule has 0 aliphatic carbocycles. The summed E-state index contributed by atoms with van der Waals surface area (Å²) in [4.78, 5) is 1.34. The molecular formula is C21H21N3OS. The molecule has 1 atom stereocenters. The predicted octanol–water partition coefficient (Wildman–Crippen LogP) is 5.15. The third-order valence-electron chi connectivity index (χ3n) is 4.62. The maximum absolute atomic E-state index is 5.31. The minimum atomic E-state index is 0.321. The summed E-state index contributed by atoms with van der Waals surface area (Å²) in [5.41, 5.74) is 3.37. The van der Waals surface area contributed by atoms with Gasteiger partial charge in [0.15, 0.2) is 0 Å². The summed E-state index contributed by atoms with van der Waals surface area (Å²) in [6.07, 6.45) is 1.90. The fourth-order valence-electron chi connectivity index (χ4n) is 3.10. The number of rotatable bonds is 6. The van der Waals surface area contributed by atoms with Crippen LogP contribution in [0.4, 0.5) is 0 Å². The van der Waals surface area contributed by atoms with E-state index in [1.165, 1.54) is 21.2 Å². The van der Waals surface area contributed by atoms with E-state index in [1.54, 1.807) is 18.4 Å². The number of aromatic nitrogens is 2. The first-order chi connectivity index (χ1) is 12.7. The number of ether oxygens (including phenoxy) is 1. The largest absolute Gasteiger partial charge is 0.497 e. The maximum atomic E-state index is 5.31. The maximum Gasteiger partial charge on any atom is 0.119 e. The first-order valence-electron chi connectivity index (χ1n) is 8.62. The first kappa shape index (κ1) is 16.8. The molecule has 0 amide bonds. The van der Waals surface area contributed by atoms with Crippen LogP contribution >= 0.6 is 11.3 Å².